The van der Waals surface area contributed by atoms with E-state index in [-0.39, 0.29) is 5.91 Å². The number of anilines is 1. The third kappa shape index (κ3) is 3.85. The summed E-state index contributed by atoms with van der Waals surface area (Å²) in [6.07, 6.45) is 0. The summed E-state index contributed by atoms with van der Waals surface area (Å²) < 4.78 is 0. The van der Waals surface area contributed by atoms with Crippen molar-refractivity contribution in [3.8, 4) is 0 Å². The smallest absolute Gasteiger partial charge is 0.241 e. The first-order valence-electron chi connectivity index (χ1n) is 6.52. The normalized spacial score (nSPS) is 16.5. The van der Waals surface area contributed by atoms with Crippen molar-refractivity contribution in [2.75, 3.05) is 45.1 Å². The summed E-state index contributed by atoms with van der Waals surface area (Å²) in [4.78, 5) is 16.2. The van der Waals surface area contributed by atoms with Gasteiger partial charge in [0.1, 0.15) is 0 Å². The van der Waals surface area contributed by atoms with E-state index in [1.165, 1.54) is 0 Å². The van der Waals surface area contributed by atoms with Crippen molar-refractivity contribution in [3.05, 3.63) is 28.8 Å². The summed E-state index contributed by atoms with van der Waals surface area (Å²) in [5.74, 6) is 0.143. The lowest BCUT2D eigenvalue weighted by Gasteiger charge is -2.32. The van der Waals surface area contributed by atoms with Crippen molar-refractivity contribution in [2.45, 2.75) is 6.92 Å². The summed E-state index contributed by atoms with van der Waals surface area (Å²) in [6, 6.07) is 5.75. The molecule has 1 aliphatic heterocycles. The van der Waals surface area contributed by atoms with Gasteiger partial charge in [-0.25, -0.2) is 0 Å². The Labute approximate surface area is 119 Å². The summed E-state index contributed by atoms with van der Waals surface area (Å²) in [5.41, 5.74) is 1.93. The Morgan fingerprint density at radius 2 is 2.00 bits per heavy atom. The van der Waals surface area contributed by atoms with Crippen LogP contribution in [0.15, 0.2) is 18.2 Å². The van der Waals surface area contributed by atoms with Crippen LogP contribution in [0.4, 0.5) is 5.69 Å². The zero-order valence-electron chi connectivity index (χ0n) is 11.4. The first-order valence-corrected chi connectivity index (χ1v) is 6.90. The molecule has 0 spiro atoms. The molecule has 0 aliphatic carbocycles. The SMILES string of the molecule is Cc1ccc(NCC(=O)N2CCN(C)CC2)cc1Cl. The predicted molar refractivity (Wildman–Crippen MR) is 78.8 cm³/mol. The van der Waals surface area contributed by atoms with Crippen LogP contribution in [-0.2, 0) is 4.79 Å². The van der Waals surface area contributed by atoms with E-state index in [4.69, 9.17) is 11.6 Å². The molecule has 1 heterocycles. The van der Waals surface area contributed by atoms with Crippen LogP contribution >= 0.6 is 11.6 Å². The molecule has 1 saturated heterocycles. The molecule has 1 fully saturated rings. The van der Waals surface area contributed by atoms with Crippen LogP contribution in [0.5, 0.6) is 0 Å². The number of rotatable bonds is 3. The number of piperazine rings is 1. The van der Waals surface area contributed by atoms with Crippen molar-refractivity contribution in [2.24, 2.45) is 0 Å². The Morgan fingerprint density at radius 1 is 1.32 bits per heavy atom. The largest absolute Gasteiger partial charge is 0.376 e. The fourth-order valence-corrected chi connectivity index (χ4v) is 2.23. The highest BCUT2D eigenvalue weighted by Crippen LogP contribution is 2.19. The number of nitrogens with one attached hydrogen (secondary N) is 1. The second-order valence-electron chi connectivity index (χ2n) is 5.00. The van der Waals surface area contributed by atoms with Crippen molar-refractivity contribution < 1.29 is 4.79 Å². The molecule has 1 aromatic rings. The third-order valence-corrected chi connectivity index (χ3v) is 3.88. The first-order chi connectivity index (χ1) is 9.06. The Balaban J connectivity index is 1.84. The average Bonchev–Trinajstić information content (AvgIpc) is 2.40. The summed E-state index contributed by atoms with van der Waals surface area (Å²) in [6.45, 7) is 5.80. The minimum absolute atomic E-state index is 0.143. The minimum atomic E-state index is 0.143. The summed E-state index contributed by atoms with van der Waals surface area (Å²) in [7, 11) is 2.08. The number of likely N-dealkylation sites (N-methyl/N-ethyl adjacent to an activating group) is 1. The average molecular weight is 282 g/mol. The lowest BCUT2D eigenvalue weighted by molar-refractivity contribution is -0.130. The number of hydrogen-bond donors (Lipinski definition) is 1. The quantitative estimate of drug-likeness (QED) is 0.918. The standard InChI is InChI=1S/C14H20ClN3O/c1-11-3-4-12(9-13(11)15)16-10-14(19)18-7-5-17(2)6-8-18/h3-4,9,16H,5-8,10H2,1-2H3. The second-order valence-corrected chi connectivity index (χ2v) is 5.41. The van der Waals surface area contributed by atoms with E-state index < -0.39 is 0 Å². The van der Waals surface area contributed by atoms with Crippen LogP contribution in [0, 0.1) is 6.92 Å². The number of carbonyl (C=O) groups excluding carboxylic acids is 1. The molecule has 1 amide bonds. The fourth-order valence-electron chi connectivity index (χ4n) is 2.05. The van der Waals surface area contributed by atoms with Gasteiger partial charge in [-0.3, -0.25) is 4.79 Å². The van der Waals surface area contributed by atoms with Gasteiger partial charge in [0.05, 0.1) is 6.54 Å². The number of benzene rings is 1. The van der Waals surface area contributed by atoms with Gasteiger partial charge in [-0.1, -0.05) is 17.7 Å². The van der Waals surface area contributed by atoms with Crippen LogP contribution in [0.3, 0.4) is 0 Å². The Bertz CT molecular complexity index is 456. The molecular formula is C14H20ClN3O. The Hall–Kier alpha value is -1.26. The Kier molecular flexibility index (Phi) is 4.66. The zero-order chi connectivity index (χ0) is 13.8. The number of aryl methyl sites for hydroxylation is 1. The van der Waals surface area contributed by atoms with Gasteiger partial charge < -0.3 is 15.1 Å². The van der Waals surface area contributed by atoms with Crippen LogP contribution in [0.2, 0.25) is 5.02 Å². The summed E-state index contributed by atoms with van der Waals surface area (Å²) in [5, 5.41) is 3.85. The van der Waals surface area contributed by atoms with Crippen LogP contribution in [0.1, 0.15) is 5.56 Å². The molecule has 4 nitrogen and oxygen atoms in total. The van der Waals surface area contributed by atoms with Gasteiger partial charge in [-0.15, -0.1) is 0 Å². The highest BCUT2D eigenvalue weighted by Gasteiger charge is 2.18. The maximum atomic E-state index is 12.0. The van der Waals surface area contributed by atoms with E-state index in [1.807, 2.05) is 30.0 Å². The zero-order valence-corrected chi connectivity index (χ0v) is 12.2. The minimum Gasteiger partial charge on any atom is -0.376 e. The number of hydrogen-bond acceptors (Lipinski definition) is 3. The number of halogens is 1. The third-order valence-electron chi connectivity index (χ3n) is 3.47. The van der Waals surface area contributed by atoms with Crippen LogP contribution < -0.4 is 5.32 Å². The van der Waals surface area contributed by atoms with Gasteiger partial charge >= 0.3 is 0 Å². The maximum absolute atomic E-state index is 12.0. The molecule has 0 bridgehead atoms. The summed E-state index contributed by atoms with van der Waals surface area (Å²) >= 11 is 6.05. The van der Waals surface area contributed by atoms with Gasteiger partial charge in [-0.2, -0.15) is 0 Å². The molecular weight excluding hydrogens is 262 g/mol. The molecule has 104 valence electrons. The fraction of sp³-hybridized carbons (Fsp3) is 0.500. The second kappa shape index (κ2) is 6.26. The maximum Gasteiger partial charge on any atom is 0.241 e. The van der Waals surface area contributed by atoms with E-state index in [1.54, 1.807) is 0 Å². The molecule has 0 atom stereocenters. The van der Waals surface area contributed by atoms with Gasteiger partial charge in [-0.05, 0) is 31.7 Å². The van der Waals surface area contributed by atoms with Gasteiger partial charge in [0.15, 0.2) is 0 Å². The predicted octanol–water partition coefficient (Wildman–Crippen LogP) is 1.83. The lowest BCUT2D eigenvalue weighted by Crippen LogP contribution is -2.48. The Morgan fingerprint density at radius 3 is 2.63 bits per heavy atom. The number of nitrogens with zero attached hydrogens (tertiary/aromatic N) is 2. The number of carbonyl (C=O) groups is 1. The molecule has 1 aliphatic rings. The topological polar surface area (TPSA) is 35.6 Å². The van der Waals surface area contributed by atoms with Crippen molar-refractivity contribution >= 4 is 23.2 Å². The molecule has 0 radical (unpaired) electrons. The highest BCUT2D eigenvalue weighted by molar-refractivity contribution is 6.31. The van der Waals surface area contributed by atoms with E-state index in [0.29, 0.717) is 6.54 Å². The van der Waals surface area contributed by atoms with E-state index in [0.717, 1.165) is 42.5 Å². The molecule has 1 N–H and O–H groups in total. The van der Waals surface area contributed by atoms with E-state index >= 15 is 0 Å². The number of amides is 1. The van der Waals surface area contributed by atoms with Crippen molar-refractivity contribution in [3.63, 3.8) is 0 Å². The van der Waals surface area contributed by atoms with Crippen LogP contribution in [0.25, 0.3) is 0 Å². The monoisotopic (exact) mass is 281 g/mol. The molecule has 0 saturated carbocycles. The molecule has 0 unspecified atom stereocenters. The first kappa shape index (κ1) is 14.2. The molecule has 2 rings (SSSR count). The highest BCUT2D eigenvalue weighted by atomic mass is 35.5. The van der Waals surface area contributed by atoms with Crippen LogP contribution in [-0.4, -0.2) is 55.5 Å². The van der Waals surface area contributed by atoms with Crippen molar-refractivity contribution in [1.82, 2.24) is 9.80 Å². The molecule has 19 heavy (non-hydrogen) atoms. The van der Waals surface area contributed by atoms with Crippen molar-refractivity contribution in [1.29, 1.82) is 0 Å². The van der Waals surface area contributed by atoms with E-state index in [2.05, 4.69) is 17.3 Å². The van der Waals surface area contributed by atoms with Gasteiger partial charge in [0.25, 0.3) is 0 Å². The van der Waals surface area contributed by atoms with Gasteiger partial charge in [0, 0.05) is 36.9 Å². The molecule has 0 aromatic heterocycles. The lowest BCUT2D eigenvalue weighted by atomic mass is 10.2. The molecule has 5 heteroatoms. The van der Waals surface area contributed by atoms with Gasteiger partial charge in [0.2, 0.25) is 5.91 Å². The molecule has 1 aromatic carbocycles. The van der Waals surface area contributed by atoms with E-state index in [9.17, 15) is 4.79 Å².